The van der Waals surface area contributed by atoms with Crippen LogP contribution < -0.4 is 31.3 Å². The van der Waals surface area contributed by atoms with Crippen molar-refractivity contribution >= 4 is 57.5 Å². The molecule has 6 nitrogen and oxygen atoms in total. The molecule has 4 aromatic rings. The van der Waals surface area contributed by atoms with Crippen LogP contribution in [-0.2, 0) is 0 Å². The number of hydrogen-bond donors (Lipinski definition) is 0. The van der Waals surface area contributed by atoms with Crippen LogP contribution in [0.4, 0.5) is 84.7 Å². The van der Waals surface area contributed by atoms with Gasteiger partial charge in [0.05, 0.1) is 57.7 Å². The monoisotopic (exact) mass is 930 g/mol. The summed E-state index contributed by atoms with van der Waals surface area (Å²) < 4.78 is 282. The van der Waals surface area contributed by atoms with Crippen molar-refractivity contribution in [1.29, 1.82) is 21.0 Å². The van der Waals surface area contributed by atoms with Crippen LogP contribution in [0.15, 0.2) is 16.7 Å². The summed E-state index contributed by atoms with van der Waals surface area (Å²) >= 11 is 0. The molecule has 3 aliphatic carbocycles. The van der Waals surface area contributed by atoms with Crippen molar-refractivity contribution < 1.29 is 79.0 Å². The Labute approximate surface area is 350 Å². The molecule has 0 unspecified atom stereocenters. The van der Waals surface area contributed by atoms with Crippen molar-refractivity contribution in [2.45, 2.75) is 0 Å². The van der Waals surface area contributed by atoms with Crippen molar-refractivity contribution in [3.8, 4) is 24.3 Å². The molecule has 24 heteroatoms. The minimum atomic E-state index is -2.75. The third-order valence-corrected chi connectivity index (χ3v) is 10.0. The number of hydrogen-bond acceptors (Lipinski definition) is 4. The summed E-state index contributed by atoms with van der Waals surface area (Å²) in [6, 6.07) is 2.86. The average Bonchev–Trinajstić information content (AvgIpc) is 3.81. The molecular weight excluding hydrogens is 930 g/mol. The van der Waals surface area contributed by atoms with Gasteiger partial charge in [-0.1, -0.05) is 0 Å². The molecule has 0 radical (unpaired) electrons. The first-order valence-corrected chi connectivity index (χ1v) is 16.7. The third-order valence-electron chi connectivity index (χ3n) is 10.0. The summed E-state index contributed by atoms with van der Waals surface area (Å²) in [4.78, 5) is 4.61. The highest BCUT2D eigenvalue weighted by molar-refractivity contribution is 6.04. The molecule has 0 spiro atoms. The highest BCUT2D eigenvalue weighted by atomic mass is 19.2. The largest absolute Gasteiger partial charge is 0.262 e. The first kappa shape index (κ1) is 45.0. The van der Waals surface area contributed by atoms with E-state index in [4.69, 9.17) is 23.7 Å². The molecule has 0 fully saturated rings. The quantitative estimate of drug-likeness (QED) is 0.0923. The van der Waals surface area contributed by atoms with Gasteiger partial charge in [0.2, 0.25) is 5.70 Å². The maximum absolute atomic E-state index is 16.9. The average molecular weight is 930 g/mol. The number of nitrogens with zero attached hydrogens (tertiary/aromatic N) is 6. The second-order valence-electron chi connectivity index (χ2n) is 13.0. The topological polar surface area (TPSA) is 104 Å². The zero-order valence-corrected chi connectivity index (χ0v) is 30.5. The standard InChI is InChI=1S/C42F18N6/c1-65-41(22-37(57)25(45)10(6-64)26(46)38(22)58)21-31(51)19-17-15(27(47)11(29(17)49)7(3-61)13-33(53)23(43)9(5-63)24(44)34(13)54)16-18(20(19)32(21)52)30(50)12(28(16)48)8(4-62)14-35(55)39(59)42(66-2)40(60)36(14)56/b11-7+,12-8-,41-21-. The van der Waals surface area contributed by atoms with Gasteiger partial charge < -0.3 is 0 Å². The van der Waals surface area contributed by atoms with E-state index in [1.807, 2.05) is 0 Å². The summed E-state index contributed by atoms with van der Waals surface area (Å²) in [5.74, 6) is -48.1. The van der Waals surface area contributed by atoms with Crippen LogP contribution in [-0.4, -0.2) is 0 Å². The van der Waals surface area contributed by atoms with Crippen LogP contribution >= 0.6 is 0 Å². The smallest absolute Gasteiger partial charge is 0.236 e. The fraction of sp³-hybridized carbons (Fsp3) is 0. The molecule has 0 amide bonds. The van der Waals surface area contributed by atoms with Crippen LogP contribution in [0.5, 0.6) is 0 Å². The number of halogens is 18. The molecule has 0 aromatic heterocycles. The van der Waals surface area contributed by atoms with Gasteiger partial charge in [-0.15, -0.1) is 0 Å². The van der Waals surface area contributed by atoms with Gasteiger partial charge in [0, 0.05) is 31.3 Å². The molecule has 3 aliphatic rings. The Morgan fingerprint density at radius 2 is 0.606 bits per heavy atom. The Bertz CT molecular complexity index is 3340. The Hall–Kier alpha value is -9.00. The predicted molar refractivity (Wildman–Crippen MR) is 184 cm³/mol. The number of benzene rings is 4. The Morgan fingerprint density at radius 1 is 0.348 bits per heavy atom. The summed E-state index contributed by atoms with van der Waals surface area (Å²) in [6.45, 7) is 14.2. The third kappa shape index (κ3) is 5.48. The van der Waals surface area contributed by atoms with Crippen LogP contribution in [0.2, 0.25) is 0 Å². The first-order chi connectivity index (χ1) is 31.1. The molecule has 0 heterocycles. The van der Waals surface area contributed by atoms with E-state index in [0.29, 0.717) is 12.1 Å². The summed E-state index contributed by atoms with van der Waals surface area (Å²) in [7, 11) is 0. The number of allylic oxidation sites excluding steroid dienone is 5. The molecule has 4 aromatic carbocycles. The van der Waals surface area contributed by atoms with Crippen LogP contribution in [0.1, 0.15) is 27.8 Å². The zero-order chi connectivity index (χ0) is 49.0. The minimum absolute atomic E-state index is 0.693. The number of fused-ring (bicyclic) bond motifs is 6. The van der Waals surface area contributed by atoms with E-state index < -0.39 is 203 Å². The van der Waals surface area contributed by atoms with Crippen molar-refractivity contribution in [2.75, 3.05) is 0 Å². The van der Waals surface area contributed by atoms with Crippen molar-refractivity contribution in [3.05, 3.63) is 168 Å². The second kappa shape index (κ2) is 15.4. The lowest BCUT2D eigenvalue weighted by molar-refractivity contribution is 0.446. The van der Waals surface area contributed by atoms with Crippen LogP contribution in [0.25, 0.3) is 61.5 Å². The van der Waals surface area contributed by atoms with Gasteiger partial charge in [-0.3, -0.25) is 0 Å². The zero-order valence-electron chi connectivity index (χ0n) is 30.5. The summed E-state index contributed by atoms with van der Waals surface area (Å²) in [5.41, 5.74) is -26.8. The predicted octanol–water partition coefficient (Wildman–Crippen LogP) is 7.44. The minimum Gasteiger partial charge on any atom is -0.236 e. The van der Waals surface area contributed by atoms with E-state index in [2.05, 4.69) is 9.69 Å². The molecule has 0 saturated heterocycles. The number of rotatable bonds is 3. The van der Waals surface area contributed by atoms with Crippen LogP contribution in [0.3, 0.4) is 0 Å². The molecule has 0 atom stereocenters. The molecule has 66 heavy (non-hydrogen) atoms. The Morgan fingerprint density at radius 3 is 0.848 bits per heavy atom. The molecular formula is C42F18N6. The van der Waals surface area contributed by atoms with E-state index >= 15 is 52.7 Å². The lowest BCUT2D eigenvalue weighted by Crippen LogP contribution is -2.64. The molecule has 0 saturated carbocycles. The van der Waals surface area contributed by atoms with Gasteiger partial charge in [-0.2, -0.15) is 21.0 Å². The lowest BCUT2D eigenvalue weighted by Gasteiger charge is -2.10. The lowest BCUT2D eigenvalue weighted by atomic mass is 9.97. The molecule has 0 N–H and O–H groups in total. The molecule has 7 rings (SSSR count). The fourth-order valence-electron chi connectivity index (χ4n) is 7.29. The second-order valence-corrected chi connectivity index (χ2v) is 13.0. The van der Waals surface area contributed by atoms with Gasteiger partial charge in [0.1, 0.15) is 70.4 Å². The highest BCUT2D eigenvalue weighted by Crippen LogP contribution is 2.42. The summed E-state index contributed by atoms with van der Waals surface area (Å²) in [5, 5.41) is 25.3. The van der Waals surface area contributed by atoms with E-state index in [0.717, 1.165) is 12.1 Å². The molecule has 0 bridgehead atoms. The molecule has 0 aliphatic heterocycles. The maximum Gasteiger partial charge on any atom is 0.262 e. The summed E-state index contributed by atoms with van der Waals surface area (Å²) in [6.07, 6.45) is 0. The van der Waals surface area contributed by atoms with Crippen molar-refractivity contribution in [1.82, 2.24) is 0 Å². The molecule has 324 valence electrons. The van der Waals surface area contributed by atoms with E-state index in [9.17, 15) is 36.9 Å². The van der Waals surface area contributed by atoms with E-state index in [-0.39, 0.29) is 0 Å². The Balaban J connectivity index is 1.86. The normalized spacial score (nSPS) is 16.0. The van der Waals surface area contributed by atoms with Gasteiger partial charge >= 0.3 is 0 Å². The van der Waals surface area contributed by atoms with Gasteiger partial charge in [-0.05, 0) is 0 Å². The SMILES string of the molecule is [C-]#[N+]/C(=C1/C(F)=c2c3c(c4c(c2=C1F)=C(F)/C(=C(/C#N)c1c(F)c(F)c([N+]#[C-])c(F)c1F)C=4F)=C(F)/C(=C(/C#N)c1c(F)c(F)c(C#N)c(F)c1F)C=3F)c1c(F)c(F)c(C#N)c(F)c1F. The van der Waals surface area contributed by atoms with E-state index in [1.165, 1.54) is 0 Å². The number of nitriles is 4. The van der Waals surface area contributed by atoms with Crippen LogP contribution in [0, 0.1) is 128 Å². The highest BCUT2D eigenvalue weighted by Gasteiger charge is 2.41. The van der Waals surface area contributed by atoms with Crippen molar-refractivity contribution in [2.24, 2.45) is 0 Å². The van der Waals surface area contributed by atoms with Gasteiger partial charge in [0.15, 0.2) is 69.8 Å². The van der Waals surface area contributed by atoms with E-state index in [1.54, 1.807) is 0 Å². The first-order valence-electron chi connectivity index (χ1n) is 16.7. The fourth-order valence-corrected chi connectivity index (χ4v) is 7.29. The van der Waals surface area contributed by atoms with Crippen molar-refractivity contribution in [3.63, 3.8) is 0 Å². The maximum atomic E-state index is 16.9. The van der Waals surface area contributed by atoms with Gasteiger partial charge in [0.25, 0.3) is 5.69 Å². The Kier molecular flexibility index (Phi) is 10.5. The van der Waals surface area contributed by atoms with Gasteiger partial charge in [-0.25, -0.2) is 88.7 Å².